The number of para-hydroxylation sites is 1. The highest BCUT2D eigenvalue weighted by molar-refractivity contribution is 5.71. The molecule has 1 fully saturated rings. The van der Waals surface area contributed by atoms with Crippen LogP contribution < -0.4 is 10.6 Å². The van der Waals surface area contributed by atoms with Gasteiger partial charge in [0.25, 0.3) is 0 Å². The molecular weight excluding hydrogens is 190 g/mol. The minimum Gasteiger partial charge on any atom is -0.368 e. The van der Waals surface area contributed by atoms with Crippen molar-refractivity contribution in [1.29, 1.82) is 0 Å². The average Bonchev–Trinajstić information content (AvgIpc) is 2.30. The number of nitrogens with zero attached hydrogens (tertiary/aromatic N) is 2. The number of carbonyl (C=O) groups is 1. The number of hydrogen-bond donors (Lipinski definition) is 0. The lowest BCUT2D eigenvalue weighted by molar-refractivity contribution is 0.202. The molecule has 2 amide bonds. The summed E-state index contributed by atoms with van der Waals surface area (Å²) in [4.78, 5) is 14.6. The van der Waals surface area contributed by atoms with Crippen molar-refractivity contribution in [3.63, 3.8) is 0 Å². The van der Waals surface area contributed by atoms with Crippen LogP contribution in [-0.4, -0.2) is 37.1 Å². The van der Waals surface area contributed by atoms with E-state index in [2.05, 4.69) is 17.0 Å². The highest BCUT2D eigenvalue weighted by atomic mass is 16.2. The second kappa shape index (κ2) is 4.21. The van der Waals surface area contributed by atoms with E-state index in [4.69, 9.17) is 5.73 Å². The van der Waals surface area contributed by atoms with Crippen LogP contribution in [0.2, 0.25) is 0 Å². The molecule has 1 aromatic carbocycles. The highest BCUT2D eigenvalue weighted by Crippen LogP contribution is 2.15. The number of piperazine rings is 1. The molecule has 4 nitrogen and oxygen atoms in total. The van der Waals surface area contributed by atoms with Crippen molar-refractivity contribution in [2.45, 2.75) is 0 Å². The molecule has 1 radical (unpaired) electrons. The van der Waals surface area contributed by atoms with E-state index >= 15 is 0 Å². The summed E-state index contributed by atoms with van der Waals surface area (Å²) in [7, 11) is 0. The van der Waals surface area contributed by atoms with E-state index in [1.54, 1.807) is 4.90 Å². The summed E-state index contributed by atoms with van der Waals surface area (Å²) < 4.78 is 0. The fourth-order valence-electron chi connectivity index (χ4n) is 1.81. The molecule has 4 heteroatoms. The van der Waals surface area contributed by atoms with Gasteiger partial charge in [-0.15, -0.1) is 0 Å². The molecule has 0 saturated carbocycles. The van der Waals surface area contributed by atoms with Crippen LogP contribution in [0.3, 0.4) is 0 Å². The van der Waals surface area contributed by atoms with Crippen LogP contribution in [0, 0.1) is 0 Å². The molecule has 1 heterocycles. The van der Waals surface area contributed by atoms with Crippen LogP contribution in [0.25, 0.3) is 0 Å². The average molecular weight is 204 g/mol. The first kappa shape index (κ1) is 9.83. The van der Waals surface area contributed by atoms with Crippen molar-refractivity contribution in [1.82, 2.24) is 10.6 Å². The Morgan fingerprint density at radius 1 is 1.07 bits per heavy atom. The predicted octanol–water partition coefficient (Wildman–Crippen LogP) is 1.21. The van der Waals surface area contributed by atoms with Gasteiger partial charge in [-0.1, -0.05) is 18.2 Å². The SMILES string of the molecule is [NH]C(=O)N1CCN(c2ccccc2)CC1. The minimum absolute atomic E-state index is 0.567. The zero-order valence-electron chi connectivity index (χ0n) is 8.52. The van der Waals surface area contributed by atoms with Crippen molar-refractivity contribution in [2.75, 3.05) is 31.1 Å². The predicted molar refractivity (Wildman–Crippen MR) is 58.7 cm³/mol. The van der Waals surface area contributed by atoms with E-state index < -0.39 is 6.03 Å². The molecule has 1 aliphatic heterocycles. The van der Waals surface area contributed by atoms with Crippen molar-refractivity contribution >= 4 is 11.7 Å². The van der Waals surface area contributed by atoms with Gasteiger partial charge in [0.2, 0.25) is 0 Å². The van der Waals surface area contributed by atoms with Crippen molar-refractivity contribution in [3.05, 3.63) is 30.3 Å². The Morgan fingerprint density at radius 3 is 2.20 bits per heavy atom. The molecule has 2 rings (SSSR count). The van der Waals surface area contributed by atoms with Gasteiger partial charge in [0.05, 0.1) is 0 Å². The number of urea groups is 1. The van der Waals surface area contributed by atoms with Crippen LogP contribution in [-0.2, 0) is 0 Å². The Hall–Kier alpha value is -1.71. The third kappa shape index (κ3) is 2.21. The second-order valence-corrected chi connectivity index (χ2v) is 3.61. The monoisotopic (exact) mass is 204 g/mol. The summed E-state index contributed by atoms with van der Waals surface area (Å²) in [5.74, 6) is 0. The third-order valence-electron chi connectivity index (χ3n) is 2.69. The summed E-state index contributed by atoms with van der Waals surface area (Å²) >= 11 is 0. The molecule has 0 bridgehead atoms. The van der Waals surface area contributed by atoms with Crippen LogP contribution in [0.15, 0.2) is 30.3 Å². The van der Waals surface area contributed by atoms with E-state index in [9.17, 15) is 4.79 Å². The first-order valence-corrected chi connectivity index (χ1v) is 5.08. The fraction of sp³-hybridized carbons (Fsp3) is 0.364. The van der Waals surface area contributed by atoms with Gasteiger partial charge in [-0.2, -0.15) is 0 Å². The van der Waals surface area contributed by atoms with E-state index in [0.29, 0.717) is 13.1 Å². The number of carbonyl (C=O) groups excluding carboxylic acids is 1. The molecule has 0 spiro atoms. The summed E-state index contributed by atoms with van der Waals surface area (Å²) in [6.45, 7) is 2.93. The lowest BCUT2D eigenvalue weighted by Gasteiger charge is -2.34. The number of anilines is 1. The summed E-state index contributed by atoms with van der Waals surface area (Å²) in [5, 5.41) is 0. The maximum Gasteiger partial charge on any atom is 0.336 e. The topological polar surface area (TPSA) is 47.4 Å². The molecule has 0 unspecified atom stereocenters. The summed E-state index contributed by atoms with van der Waals surface area (Å²) in [6, 6.07) is 9.58. The third-order valence-corrected chi connectivity index (χ3v) is 2.69. The van der Waals surface area contributed by atoms with Crippen LogP contribution >= 0.6 is 0 Å². The van der Waals surface area contributed by atoms with Crippen LogP contribution in [0.4, 0.5) is 10.5 Å². The van der Waals surface area contributed by atoms with E-state index in [-0.39, 0.29) is 0 Å². The Bertz CT molecular complexity index is 331. The summed E-state index contributed by atoms with van der Waals surface area (Å²) in [5.41, 5.74) is 8.20. The number of benzene rings is 1. The Balaban J connectivity index is 1.97. The van der Waals surface area contributed by atoms with E-state index in [0.717, 1.165) is 13.1 Å². The van der Waals surface area contributed by atoms with E-state index in [1.807, 2.05) is 18.2 Å². The Kier molecular flexibility index (Phi) is 2.76. The molecule has 1 aliphatic rings. The van der Waals surface area contributed by atoms with Gasteiger partial charge < -0.3 is 9.80 Å². The first-order valence-electron chi connectivity index (χ1n) is 5.08. The van der Waals surface area contributed by atoms with Gasteiger partial charge in [-0.25, -0.2) is 10.5 Å². The van der Waals surface area contributed by atoms with Crippen molar-refractivity contribution in [2.24, 2.45) is 0 Å². The zero-order valence-corrected chi connectivity index (χ0v) is 8.52. The molecule has 1 aromatic rings. The molecule has 0 atom stereocenters. The van der Waals surface area contributed by atoms with Crippen molar-refractivity contribution in [3.8, 4) is 0 Å². The van der Waals surface area contributed by atoms with Gasteiger partial charge in [0, 0.05) is 31.9 Å². The van der Waals surface area contributed by atoms with Gasteiger partial charge >= 0.3 is 6.03 Å². The lowest BCUT2D eigenvalue weighted by Crippen LogP contribution is -2.48. The number of rotatable bonds is 1. The second-order valence-electron chi connectivity index (χ2n) is 3.61. The van der Waals surface area contributed by atoms with Crippen molar-refractivity contribution < 1.29 is 4.79 Å². The van der Waals surface area contributed by atoms with E-state index in [1.165, 1.54) is 5.69 Å². The van der Waals surface area contributed by atoms with Gasteiger partial charge in [-0.05, 0) is 12.1 Å². The molecule has 1 N–H and O–H groups in total. The van der Waals surface area contributed by atoms with Gasteiger partial charge in [0.15, 0.2) is 0 Å². The molecule has 1 saturated heterocycles. The molecule has 0 aliphatic carbocycles. The first-order chi connectivity index (χ1) is 7.27. The molecule has 15 heavy (non-hydrogen) atoms. The highest BCUT2D eigenvalue weighted by Gasteiger charge is 2.19. The fourth-order valence-corrected chi connectivity index (χ4v) is 1.81. The normalized spacial score (nSPS) is 16.5. The maximum atomic E-state index is 10.8. The largest absolute Gasteiger partial charge is 0.368 e. The molecule has 0 aromatic heterocycles. The number of amides is 2. The van der Waals surface area contributed by atoms with Gasteiger partial charge in [-0.3, -0.25) is 0 Å². The summed E-state index contributed by atoms with van der Waals surface area (Å²) in [6.07, 6.45) is 0. The standard InChI is InChI=1S/C11H14N3O/c12-11(15)14-8-6-13(7-9-14)10-4-2-1-3-5-10/h1-5,12H,6-9H2. The Morgan fingerprint density at radius 2 is 1.67 bits per heavy atom. The lowest BCUT2D eigenvalue weighted by atomic mass is 10.2. The quantitative estimate of drug-likeness (QED) is 0.690. The number of hydrogen-bond acceptors (Lipinski definition) is 2. The molecular formula is C11H14N3O. The maximum absolute atomic E-state index is 10.8. The van der Waals surface area contributed by atoms with Crippen LogP contribution in [0.5, 0.6) is 0 Å². The number of nitrogens with one attached hydrogen (secondary N) is 1. The molecule has 79 valence electrons. The van der Waals surface area contributed by atoms with Crippen LogP contribution in [0.1, 0.15) is 0 Å². The minimum atomic E-state index is -0.567. The zero-order chi connectivity index (χ0) is 10.7. The Labute approximate surface area is 89.3 Å². The van der Waals surface area contributed by atoms with Gasteiger partial charge in [0.1, 0.15) is 0 Å². The smallest absolute Gasteiger partial charge is 0.336 e.